The van der Waals surface area contributed by atoms with E-state index < -0.39 is 16.9 Å². The summed E-state index contributed by atoms with van der Waals surface area (Å²) in [6.45, 7) is 9.89. The number of rotatable bonds is 6. The van der Waals surface area contributed by atoms with Gasteiger partial charge < -0.3 is 0 Å². The van der Waals surface area contributed by atoms with Crippen LogP contribution in [0.1, 0.15) is 13.8 Å². The summed E-state index contributed by atoms with van der Waals surface area (Å²) in [5.41, 5.74) is 0. The highest BCUT2D eigenvalue weighted by Crippen LogP contribution is 2.38. The Kier molecular flexibility index (Phi) is 5.64. The molecular weight excluding hydrogens is 344 g/mol. The van der Waals surface area contributed by atoms with Gasteiger partial charge in [-0.05, 0) is 26.6 Å². The Labute approximate surface area is 161 Å². The normalized spacial score (nSPS) is 12.3. The van der Waals surface area contributed by atoms with Gasteiger partial charge in [-0.1, -0.05) is 118 Å². The van der Waals surface area contributed by atoms with Gasteiger partial charge in [-0.25, -0.2) is 0 Å². The molecule has 3 aromatic carbocycles. The summed E-state index contributed by atoms with van der Waals surface area (Å²) in [6.07, 6.45) is 0. The fourth-order valence-corrected chi connectivity index (χ4v) is 11.2. The van der Waals surface area contributed by atoms with Crippen LogP contribution < -0.4 is 15.6 Å². The van der Waals surface area contributed by atoms with Crippen molar-refractivity contribution in [2.45, 2.75) is 38.0 Å². The minimum atomic E-state index is -2.10. The van der Waals surface area contributed by atoms with Crippen molar-refractivity contribution >= 4 is 32.4 Å². The molecule has 0 nitrogen and oxygen atoms in total. The maximum Gasteiger partial charge on any atom is 0.148 e. The molecule has 0 aliphatic carbocycles. The fourth-order valence-electron chi connectivity index (χ4n) is 3.81. The van der Waals surface area contributed by atoms with Crippen LogP contribution in [0.4, 0.5) is 0 Å². The highest BCUT2D eigenvalue weighted by atomic mass is 28.3. The zero-order valence-electron chi connectivity index (χ0n) is 16.4. The van der Waals surface area contributed by atoms with Crippen LogP contribution in [0.3, 0.4) is 0 Å². The van der Waals surface area contributed by atoms with Crippen molar-refractivity contribution < 1.29 is 0 Å². The van der Waals surface area contributed by atoms with Crippen molar-refractivity contribution in [3.63, 3.8) is 0 Å². The van der Waals surface area contributed by atoms with Crippen molar-refractivity contribution in [1.82, 2.24) is 0 Å². The number of benzene rings is 3. The number of hydrogen-bond acceptors (Lipinski definition) is 0. The van der Waals surface area contributed by atoms with Gasteiger partial charge in [0.05, 0.1) is 0 Å². The Morgan fingerprint density at radius 3 is 1.19 bits per heavy atom. The van der Waals surface area contributed by atoms with E-state index in [2.05, 4.69) is 118 Å². The molecule has 0 saturated heterocycles. The van der Waals surface area contributed by atoms with E-state index in [4.69, 9.17) is 0 Å². The average molecular weight is 374 g/mol. The van der Waals surface area contributed by atoms with Gasteiger partial charge in [0.2, 0.25) is 0 Å². The lowest BCUT2D eigenvalue weighted by atomic mass is 10.2. The second-order valence-electron chi connectivity index (χ2n) is 8.06. The maximum atomic E-state index is 2.48. The second kappa shape index (κ2) is 7.77. The second-order valence-corrected chi connectivity index (χ2v) is 15.3. The first-order valence-corrected chi connectivity index (χ1v) is 14.1. The molecule has 0 fully saturated rings. The zero-order chi connectivity index (χ0) is 18.6. The van der Waals surface area contributed by atoms with Gasteiger partial charge in [-0.2, -0.15) is 0 Å². The summed E-state index contributed by atoms with van der Waals surface area (Å²) in [4.78, 5) is 0. The van der Waals surface area contributed by atoms with Crippen molar-refractivity contribution in [2.24, 2.45) is 0 Å². The highest BCUT2D eigenvalue weighted by molar-refractivity contribution is 7.12. The van der Waals surface area contributed by atoms with Crippen LogP contribution in [0, 0.1) is 0 Å². The Hall–Kier alpha value is -1.91. The average Bonchev–Trinajstić information content (AvgIpc) is 2.68. The molecule has 0 heterocycles. The monoisotopic (exact) mass is 373 g/mol. The van der Waals surface area contributed by atoms with Crippen LogP contribution in [0.25, 0.3) is 0 Å². The molecule has 0 atom stereocenters. The van der Waals surface area contributed by atoms with Crippen LogP contribution in [0.5, 0.6) is 0 Å². The van der Waals surface area contributed by atoms with E-state index in [9.17, 15) is 0 Å². The van der Waals surface area contributed by atoms with Crippen LogP contribution in [-0.4, -0.2) is 16.9 Å². The van der Waals surface area contributed by atoms with E-state index in [1.54, 1.807) is 0 Å². The Bertz CT molecular complexity index is 712. The minimum absolute atomic E-state index is 0.360. The molecular formula is C24H29Si2. The van der Waals surface area contributed by atoms with Gasteiger partial charge in [0.15, 0.2) is 0 Å². The molecule has 0 aliphatic heterocycles. The summed E-state index contributed by atoms with van der Waals surface area (Å²) in [6, 6.07) is 35.1. The fraction of sp³-hybridized carbons (Fsp3) is 0.250. The lowest BCUT2D eigenvalue weighted by molar-refractivity contribution is 0.731. The lowest BCUT2D eigenvalue weighted by Gasteiger charge is -2.41. The van der Waals surface area contributed by atoms with Crippen molar-refractivity contribution in [2.75, 3.05) is 0 Å². The van der Waals surface area contributed by atoms with Gasteiger partial charge in [-0.3, -0.25) is 0 Å². The standard InChI is InChI=1S/C24H29Si2/c1-24(2,25(3)4)20-26(21-14-8-5-9-15-21,22-16-10-6-11-17-22)23-18-12-7-13-19-23/h5-19H,20H2,1-4H3. The van der Waals surface area contributed by atoms with Gasteiger partial charge >= 0.3 is 0 Å². The van der Waals surface area contributed by atoms with E-state index in [0.717, 1.165) is 0 Å². The summed E-state index contributed by atoms with van der Waals surface area (Å²) in [5, 5.41) is 4.93. The Morgan fingerprint density at radius 1 is 0.615 bits per heavy atom. The molecule has 0 spiro atoms. The van der Waals surface area contributed by atoms with Crippen LogP contribution in [0.15, 0.2) is 91.0 Å². The predicted molar refractivity (Wildman–Crippen MR) is 120 cm³/mol. The zero-order valence-corrected chi connectivity index (χ0v) is 18.4. The van der Waals surface area contributed by atoms with Crippen molar-refractivity contribution in [3.8, 4) is 0 Å². The van der Waals surface area contributed by atoms with Gasteiger partial charge in [0.1, 0.15) is 8.07 Å². The summed E-state index contributed by atoms with van der Waals surface area (Å²) in [5.74, 6) is 0. The molecule has 3 rings (SSSR count). The van der Waals surface area contributed by atoms with E-state index in [1.165, 1.54) is 21.6 Å². The molecule has 3 aromatic rings. The van der Waals surface area contributed by atoms with Gasteiger partial charge in [0.25, 0.3) is 0 Å². The molecule has 26 heavy (non-hydrogen) atoms. The first kappa shape index (κ1) is 18.9. The van der Waals surface area contributed by atoms with Crippen molar-refractivity contribution in [1.29, 1.82) is 0 Å². The third-order valence-corrected chi connectivity index (χ3v) is 14.5. The maximum absolute atomic E-state index is 2.48. The molecule has 2 heteroatoms. The van der Waals surface area contributed by atoms with E-state index >= 15 is 0 Å². The molecule has 1 radical (unpaired) electrons. The largest absolute Gasteiger partial charge is 0.148 e. The van der Waals surface area contributed by atoms with E-state index in [-0.39, 0.29) is 0 Å². The van der Waals surface area contributed by atoms with Crippen LogP contribution in [-0.2, 0) is 0 Å². The van der Waals surface area contributed by atoms with E-state index in [1.807, 2.05) is 0 Å². The third-order valence-electron chi connectivity index (χ3n) is 5.86. The van der Waals surface area contributed by atoms with Gasteiger partial charge in [-0.15, -0.1) is 0 Å². The summed E-state index contributed by atoms with van der Waals surface area (Å²) >= 11 is 0. The van der Waals surface area contributed by atoms with Crippen LogP contribution >= 0.6 is 0 Å². The third kappa shape index (κ3) is 3.62. The SMILES string of the molecule is C[Si](C)C(C)(C)C[Si](c1ccccc1)(c1ccccc1)c1ccccc1. The molecule has 0 N–H and O–H groups in total. The molecule has 0 saturated carbocycles. The van der Waals surface area contributed by atoms with Gasteiger partial charge in [0, 0.05) is 8.80 Å². The quantitative estimate of drug-likeness (QED) is 0.434. The van der Waals surface area contributed by atoms with E-state index in [0.29, 0.717) is 5.04 Å². The topological polar surface area (TPSA) is 0 Å². The molecule has 0 bridgehead atoms. The van der Waals surface area contributed by atoms with Crippen molar-refractivity contribution in [3.05, 3.63) is 91.0 Å². The smallest absolute Gasteiger partial charge is 0.0709 e. The number of hydrogen-bond donors (Lipinski definition) is 0. The van der Waals surface area contributed by atoms with Crippen LogP contribution in [0.2, 0.25) is 24.2 Å². The molecule has 0 aliphatic rings. The highest BCUT2D eigenvalue weighted by Gasteiger charge is 2.44. The molecule has 0 aromatic heterocycles. The predicted octanol–water partition coefficient (Wildman–Crippen LogP) is 4.69. The molecule has 0 amide bonds. The molecule has 133 valence electrons. The Morgan fingerprint density at radius 2 is 0.923 bits per heavy atom. The minimum Gasteiger partial charge on any atom is -0.0709 e. The first-order valence-electron chi connectivity index (χ1n) is 9.44. The summed E-state index contributed by atoms with van der Waals surface area (Å²) in [7, 11) is -2.53. The first-order chi connectivity index (χ1) is 12.5. The summed E-state index contributed by atoms with van der Waals surface area (Å²) < 4.78 is 0. The lowest BCUT2D eigenvalue weighted by Crippen LogP contribution is -2.68. The Balaban J connectivity index is 2.32. The molecule has 0 unspecified atom stereocenters.